The summed E-state index contributed by atoms with van der Waals surface area (Å²) in [6.07, 6.45) is 4.90. The summed E-state index contributed by atoms with van der Waals surface area (Å²) in [6, 6.07) is 7.35. The van der Waals surface area contributed by atoms with Gasteiger partial charge >= 0.3 is 0 Å². The zero-order chi connectivity index (χ0) is 17.9. The highest BCUT2D eigenvalue weighted by Crippen LogP contribution is 2.27. The highest BCUT2D eigenvalue weighted by molar-refractivity contribution is 5.94. The maximum absolute atomic E-state index is 12.9. The molecule has 3 heterocycles. The number of nitrogens with one attached hydrogen (secondary N) is 1. The number of carbonyl (C=O) groups is 1. The molecule has 136 valence electrons. The van der Waals surface area contributed by atoms with Gasteiger partial charge in [0.15, 0.2) is 0 Å². The molecule has 0 aliphatic carbocycles. The number of aromatic nitrogens is 2. The summed E-state index contributed by atoms with van der Waals surface area (Å²) >= 11 is 0. The largest absolute Gasteiger partial charge is 0.497 e. The molecule has 2 aliphatic heterocycles. The summed E-state index contributed by atoms with van der Waals surface area (Å²) in [5.74, 6) is 1.85. The minimum atomic E-state index is 0.0516. The molecule has 1 atom stereocenters. The SMILES string of the molecule is COc1cccc(C(=O)N2CCCC(c3ncc4c(n3)CCNC4)C2)c1. The number of ether oxygens (including phenoxy) is 1. The van der Waals surface area contributed by atoms with Crippen molar-refractivity contribution in [1.82, 2.24) is 20.2 Å². The molecule has 1 saturated heterocycles. The van der Waals surface area contributed by atoms with Crippen LogP contribution in [0.5, 0.6) is 5.75 Å². The molecular weight excluding hydrogens is 328 g/mol. The second kappa shape index (κ2) is 7.41. The number of likely N-dealkylation sites (tertiary alicyclic amines) is 1. The third-order valence-corrected chi connectivity index (χ3v) is 5.22. The normalized spacial score (nSPS) is 19.7. The maximum Gasteiger partial charge on any atom is 0.254 e. The van der Waals surface area contributed by atoms with Crippen molar-refractivity contribution in [3.05, 3.63) is 53.1 Å². The Hall–Kier alpha value is -2.47. The summed E-state index contributed by atoms with van der Waals surface area (Å²) in [6.45, 7) is 3.27. The van der Waals surface area contributed by atoms with E-state index in [2.05, 4.69) is 10.3 Å². The number of nitrogens with zero attached hydrogens (tertiary/aromatic N) is 3. The van der Waals surface area contributed by atoms with Gasteiger partial charge in [0.2, 0.25) is 0 Å². The van der Waals surface area contributed by atoms with Crippen molar-refractivity contribution in [2.75, 3.05) is 26.7 Å². The van der Waals surface area contributed by atoms with Crippen molar-refractivity contribution < 1.29 is 9.53 Å². The molecule has 4 rings (SSSR count). The van der Waals surface area contributed by atoms with Crippen molar-refractivity contribution in [2.24, 2.45) is 0 Å². The van der Waals surface area contributed by atoms with Gasteiger partial charge in [-0.2, -0.15) is 0 Å². The van der Waals surface area contributed by atoms with E-state index in [-0.39, 0.29) is 11.8 Å². The van der Waals surface area contributed by atoms with Crippen molar-refractivity contribution in [3.8, 4) is 5.75 Å². The van der Waals surface area contributed by atoms with Crippen LogP contribution in [0.25, 0.3) is 0 Å². The van der Waals surface area contributed by atoms with Crippen molar-refractivity contribution >= 4 is 5.91 Å². The second-order valence-electron chi connectivity index (χ2n) is 6.95. The Morgan fingerprint density at radius 1 is 1.38 bits per heavy atom. The Kier molecular flexibility index (Phi) is 4.84. The molecule has 1 aromatic heterocycles. The van der Waals surface area contributed by atoms with Gasteiger partial charge in [-0.3, -0.25) is 4.79 Å². The number of piperidine rings is 1. The van der Waals surface area contributed by atoms with E-state index in [1.54, 1.807) is 13.2 Å². The Morgan fingerprint density at radius 2 is 2.31 bits per heavy atom. The quantitative estimate of drug-likeness (QED) is 0.917. The molecule has 0 radical (unpaired) electrons. The topological polar surface area (TPSA) is 67.3 Å². The van der Waals surface area contributed by atoms with Crippen LogP contribution in [0.15, 0.2) is 30.5 Å². The van der Waals surface area contributed by atoms with Gasteiger partial charge in [-0.05, 0) is 31.0 Å². The average Bonchev–Trinajstić information content (AvgIpc) is 2.73. The van der Waals surface area contributed by atoms with Gasteiger partial charge in [-0.25, -0.2) is 9.97 Å². The van der Waals surface area contributed by atoms with Crippen molar-refractivity contribution in [3.63, 3.8) is 0 Å². The van der Waals surface area contributed by atoms with E-state index < -0.39 is 0 Å². The fourth-order valence-electron chi connectivity index (χ4n) is 3.76. The van der Waals surface area contributed by atoms with Crippen LogP contribution in [-0.4, -0.2) is 47.5 Å². The van der Waals surface area contributed by atoms with Crippen LogP contribution in [0.2, 0.25) is 0 Å². The highest BCUT2D eigenvalue weighted by Gasteiger charge is 2.28. The number of rotatable bonds is 3. The lowest BCUT2D eigenvalue weighted by Crippen LogP contribution is -2.39. The van der Waals surface area contributed by atoms with Gasteiger partial charge < -0.3 is 15.0 Å². The molecule has 1 unspecified atom stereocenters. The van der Waals surface area contributed by atoms with Crippen LogP contribution in [0, 0.1) is 0 Å². The van der Waals surface area contributed by atoms with Crippen LogP contribution < -0.4 is 10.1 Å². The number of amides is 1. The van der Waals surface area contributed by atoms with Crippen molar-refractivity contribution in [2.45, 2.75) is 31.7 Å². The molecule has 1 amide bonds. The van der Waals surface area contributed by atoms with E-state index in [0.29, 0.717) is 17.9 Å². The van der Waals surface area contributed by atoms with Gasteiger partial charge in [-0.15, -0.1) is 0 Å². The Morgan fingerprint density at radius 3 is 3.19 bits per heavy atom. The van der Waals surface area contributed by atoms with E-state index in [1.807, 2.05) is 29.3 Å². The first kappa shape index (κ1) is 17.0. The zero-order valence-corrected chi connectivity index (χ0v) is 15.1. The number of carbonyl (C=O) groups excluding carboxylic acids is 1. The van der Waals surface area contributed by atoms with Gasteiger partial charge in [0.25, 0.3) is 5.91 Å². The smallest absolute Gasteiger partial charge is 0.254 e. The monoisotopic (exact) mass is 352 g/mol. The van der Waals surface area contributed by atoms with E-state index in [0.717, 1.165) is 50.4 Å². The lowest BCUT2D eigenvalue weighted by atomic mass is 9.96. The molecule has 1 N–H and O–H groups in total. The molecule has 1 aromatic carbocycles. The summed E-state index contributed by atoms with van der Waals surface area (Å²) in [5, 5.41) is 3.35. The molecule has 2 aliphatic rings. The third-order valence-electron chi connectivity index (χ3n) is 5.22. The molecule has 6 nitrogen and oxygen atoms in total. The van der Waals surface area contributed by atoms with Crippen LogP contribution in [0.1, 0.15) is 46.2 Å². The van der Waals surface area contributed by atoms with E-state index in [9.17, 15) is 4.79 Å². The lowest BCUT2D eigenvalue weighted by molar-refractivity contribution is 0.0704. The molecule has 1 fully saturated rings. The summed E-state index contributed by atoms with van der Waals surface area (Å²) in [7, 11) is 1.61. The van der Waals surface area contributed by atoms with Crippen LogP contribution >= 0.6 is 0 Å². The average molecular weight is 352 g/mol. The van der Waals surface area contributed by atoms with E-state index in [4.69, 9.17) is 9.72 Å². The molecule has 0 spiro atoms. The molecule has 0 saturated carbocycles. The fraction of sp³-hybridized carbons (Fsp3) is 0.450. The molecule has 0 bridgehead atoms. The third kappa shape index (κ3) is 3.42. The first-order valence-electron chi connectivity index (χ1n) is 9.23. The lowest BCUT2D eigenvalue weighted by Gasteiger charge is -2.32. The Labute approximate surface area is 153 Å². The summed E-state index contributed by atoms with van der Waals surface area (Å²) in [4.78, 5) is 24.2. The number of hydrogen-bond donors (Lipinski definition) is 1. The number of hydrogen-bond acceptors (Lipinski definition) is 5. The van der Waals surface area contributed by atoms with Crippen LogP contribution in [-0.2, 0) is 13.0 Å². The van der Waals surface area contributed by atoms with Crippen molar-refractivity contribution in [1.29, 1.82) is 0 Å². The molecule has 26 heavy (non-hydrogen) atoms. The van der Waals surface area contributed by atoms with Gasteiger partial charge in [0.1, 0.15) is 11.6 Å². The predicted molar refractivity (Wildman–Crippen MR) is 98.3 cm³/mol. The Balaban J connectivity index is 1.51. The van der Waals surface area contributed by atoms with E-state index >= 15 is 0 Å². The maximum atomic E-state index is 12.9. The number of fused-ring (bicyclic) bond motifs is 1. The second-order valence-corrected chi connectivity index (χ2v) is 6.95. The van der Waals surface area contributed by atoms with Crippen LogP contribution in [0.3, 0.4) is 0 Å². The van der Waals surface area contributed by atoms with E-state index in [1.165, 1.54) is 5.56 Å². The minimum absolute atomic E-state index is 0.0516. The fourth-order valence-corrected chi connectivity index (χ4v) is 3.76. The van der Waals surface area contributed by atoms with Gasteiger partial charge in [-0.1, -0.05) is 6.07 Å². The summed E-state index contributed by atoms with van der Waals surface area (Å²) in [5.41, 5.74) is 3.02. The predicted octanol–water partition coefficient (Wildman–Crippen LogP) is 2.15. The summed E-state index contributed by atoms with van der Waals surface area (Å²) < 4.78 is 5.24. The highest BCUT2D eigenvalue weighted by atomic mass is 16.5. The first-order valence-corrected chi connectivity index (χ1v) is 9.23. The Bertz CT molecular complexity index is 808. The van der Waals surface area contributed by atoms with Gasteiger partial charge in [0, 0.05) is 61.5 Å². The zero-order valence-electron chi connectivity index (χ0n) is 15.1. The first-order chi connectivity index (χ1) is 12.7. The number of methoxy groups -OCH3 is 1. The number of benzene rings is 1. The minimum Gasteiger partial charge on any atom is -0.497 e. The molecule has 2 aromatic rings. The molecular formula is C20H24N4O2. The molecule has 6 heteroatoms. The van der Waals surface area contributed by atoms with Gasteiger partial charge in [0.05, 0.1) is 7.11 Å². The van der Waals surface area contributed by atoms with Crippen LogP contribution in [0.4, 0.5) is 0 Å². The standard InChI is InChI=1S/C20H24N4O2/c1-26-17-6-2-4-14(10-17)20(25)24-9-3-5-15(13-24)19-22-12-16-11-21-8-7-18(16)23-19/h2,4,6,10,12,15,21H,3,5,7-9,11,13H2,1H3.